The molecule has 1 saturated carbocycles. The normalized spacial score (nSPS) is 17.4. The fraction of sp³-hybridized carbons (Fsp3) is 0.333. The van der Waals surface area contributed by atoms with Gasteiger partial charge in [0.25, 0.3) is 0 Å². The summed E-state index contributed by atoms with van der Waals surface area (Å²) in [6.45, 7) is 1.93. The minimum Gasteiger partial charge on any atom is -0.321 e. The topological polar surface area (TPSA) is 56.7 Å². The maximum Gasteiger partial charge on any atom is 0.0860 e. The van der Waals surface area contributed by atoms with Gasteiger partial charge in [-0.05, 0) is 37.5 Å². The third-order valence-electron chi connectivity index (χ3n) is 3.05. The van der Waals surface area contributed by atoms with E-state index in [1.165, 1.54) is 5.56 Å². The highest BCUT2D eigenvalue weighted by molar-refractivity contribution is 5.39. The average Bonchev–Trinajstić information content (AvgIpc) is 2.89. The van der Waals surface area contributed by atoms with Crippen LogP contribution in [0, 0.1) is 6.92 Å². The van der Waals surface area contributed by atoms with Gasteiger partial charge in [0.1, 0.15) is 0 Å². The van der Waals surface area contributed by atoms with E-state index in [1.54, 1.807) is 11.0 Å². The number of aromatic nitrogens is 3. The van der Waals surface area contributed by atoms with E-state index in [0.29, 0.717) is 0 Å². The highest BCUT2D eigenvalue weighted by atomic mass is 15.5. The van der Waals surface area contributed by atoms with Crippen molar-refractivity contribution in [3.05, 3.63) is 41.7 Å². The predicted octanol–water partition coefficient (Wildman–Crippen LogP) is 1.52. The van der Waals surface area contributed by atoms with Crippen molar-refractivity contribution in [1.82, 2.24) is 15.0 Å². The molecule has 4 heteroatoms. The third kappa shape index (κ3) is 1.51. The Bertz CT molecular complexity index is 525. The smallest absolute Gasteiger partial charge is 0.0860 e. The Hall–Kier alpha value is -1.68. The van der Waals surface area contributed by atoms with Gasteiger partial charge >= 0.3 is 0 Å². The number of aryl methyl sites for hydroxylation is 1. The minimum atomic E-state index is -0.0990. The first-order valence-electron chi connectivity index (χ1n) is 5.46. The second-order valence-electron chi connectivity index (χ2n) is 4.48. The molecule has 0 saturated heterocycles. The minimum absolute atomic E-state index is 0.0990. The van der Waals surface area contributed by atoms with Crippen LogP contribution in [0.3, 0.4) is 0 Å². The quantitative estimate of drug-likeness (QED) is 0.824. The highest BCUT2D eigenvalue weighted by Crippen LogP contribution is 2.42. The van der Waals surface area contributed by atoms with Gasteiger partial charge in [0, 0.05) is 5.54 Å². The number of benzene rings is 1. The zero-order valence-corrected chi connectivity index (χ0v) is 9.22. The Kier molecular flexibility index (Phi) is 1.88. The van der Waals surface area contributed by atoms with Crippen LogP contribution in [0.25, 0.3) is 5.69 Å². The molecule has 0 unspecified atom stereocenters. The van der Waals surface area contributed by atoms with Gasteiger partial charge in [0.2, 0.25) is 0 Å². The summed E-state index contributed by atoms with van der Waals surface area (Å²) in [5.41, 5.74) is 9.14. The van der Waals surface area contributed by atoms with Crippen molar-refractivity contribution in [1.29, 1.82) is 0 Å². The zero-order valence-electron chi connectivity index (χ0n) is 9.22. The molecule has 1 heterocycles. The van der Waals surface area contributed by atoms with E-state index in [9.17, 15) is 0 Å². The van der Waals surface area contributed by atoms with Crippen molar-refractivity contribution in [2.75, 3.05) is 0 Å². The number of hydrogen-bond acceptors (Lipinski definition) is 3. The summed E-state index contributed by atoms with van der Waals surface area (Å²) in [6, 6.07) is 8.16. The fourth-order valence-electron chi connectivity index (χ4n) is 1.83. The van der Waals surface area contributed by atoms with Crippen molar-refractivity contribution in [2.45, 2.75) is 25.3 Å². The molecule has 16 heavy (non-hydrogen) atoms. The largest absolute Gasteiger partial charge is 0.321 e. The van der Waals surface area contributed by atoms with E-state index in [-0.39, 0.29) is 5.54 Å². The second-order valence-corrected chi connectivity index (χ2v) is 4.48. The summed E-state index contributed by atoms with van der Waals surface area (Å²) in [7, 11) is 0. The number of hydrogen-bond donors (Lipinski definition) is 1. The molecule has 3 rings (SSSR count). The first-order chi connectivity index (χ1) is 7.67. The van der Waals surface area contributed by atoms with Crippen molar-refractivity contribution in [2.24, 2.45) is 5.73 Å². The summed E-state index contributed by atoms with van der Waals surface area (Å²) in [4.78, 5) is 1.64. The second kappa shape index (κ2) is 3.15. The lowest BCUT2D eigenvalue weighted by Gasteiger charge is -2.10. The van der Waals surface area contributed by atoms with E-state index in [0.717, 1.165) is 24.2 Å². The molecule has 1 aromatic heterocycles. The Morgan fingerprint density at radius 3 is 2.81 bits per heavy atom. The summed E-state index contributed by atoms with van der Waals surface area (Å²) in [6.07, 6.45) is 3.89. The third-order valence-corrected chi connectivity index (χ3v) is 3.05. The van der Waals surface area contributed by atoms with Crippen LogP contribution >= 0.6 is 0 Å². The Balaban J connectivity index is 2.02. The van der Waals surface area contributed by atoms with Gasteiger partial charge in [-0.15, -0.1) is 0 Å². The van der Waals surface area contributed by atoms with Gasteiger partial charge in [-0.25, -0.2) is 0 Å². The number of nitrogens with two attached hydrogens (primary N) is 1. The Morgan fingerprint density at radius 2 is 2.19 bits per heavy atom. The molecular formula is C12H14N4. The molecule has 1 aliphatic carbocycles. The molecule has 0 atom stereocenters. The molecule has 0 radical (unpaired) electrons. The van der Waals surface area contributed by atoms with E-state index in [2.05, 4.69) is 22.3 Å². The first-order valence-corrected chi connectivity index (χ1v) is 5.46. The van der Waals surface area contributed by atoms with Crippen LogP contribution in [0.15, 0.2) is 30.5 Å². The molecule has 2 aromatic rings. The number of rotatable bonds is 2. The molecule has 0 bridgehead atoms. The molecule has 1 aliphatic rings. The standard InChI is InChI=1S/C12H14N4/c1-9-8-14-16(15-9)11-4-2-3-10(7-11)12(13)5-6-12/h2-4,7-8H,5-6,13H2,1H3. The molecule has 0 spiro atoms. The Morgan fingerprint density at radius 1 is 1.38 bits per heavy atom. The summed E-state index contributed by atoms with van der Waals surface area (Å²) in [5, 5.41) is 8.48. The van der Waals surface area contributed by atoms with Crippen molar-refractivity contribution < 1.29 is 0 Å². The molecule has 2 N–H and O–H groups in total. The van der Waals surface area contributed by atoms with E-state index in [4.69, 9.17) is 5.73 Å². The van der Waals surface area contributed by atoms with Gasteiger partial charge in [-0.3, -0.25) is 0 Å². The molecule has 1 fully saturated rings. The molecule has 1 aromatic carbocycles. The lowest BCUT2D eigenvalue weighted by Crippen LogP contribution is -2.18. The predicted molar refractivity (Wildman–Crippen MR) is 61.2 cm³/mol. The van der Waals surface area contributed by atoms with Gasteiger partial charge in [-0.1, -0.05) is 12.1 Å². The molecule has 4 nitrogen and oxygen atoms in total. The molecule has 0 amide bonds. The van der Waals surface area contributed by atoms with Crippen LogP contribution in [0.4, 0.5) is 0 Å². The monoisotopic (exact) mass is 214 g/mol. The first kappa shape index (κ1) is 9.54. The van der Waals surface area contributed by atoms with Crippen LogP contribution in [0.1, 0.15) is 24.1 Å². The van der Waals surface area contributed by atoms with E-state index in [1.807, 2.05) is 19.1 Å². The average molecular weight is 214 g/mol. The lowest BCUT2D eigenvalue weighted by atomic mass is 10.1. The van der Waals surface area contributed by atoms with Crippen LogP contribution in [0.5, 0.6) is 0 Å². The maximum atomic E-state index is 6.17. The fourth-order valence-corrected chi connectivity index (χ4v) is 1.83. The lowest BCUT2D eigenvalue weighted by molar-refractivity contribution is 0.720. The highest BCUT2D eigenvalue weighted by Gasteiger charge is 2.39. The van der Waals surface area contributed by atoms with Crippen LogP contribution in [-0.2, 0) is 5.54 Å². The summed E-state index contributed by atoms with van der Waals surface area (Å²) >= 11 is 0. The summed E-state index contributed by atoms with van der Waals surface area (Å²) < 4.78 is 0. The van der Waals surface area contributed by atoms with Crippen molar-refractivity contribution in [3.63, 3.8) is 0 Å². The van der Waals surface area contributed by atoms with Crippen LogP contribution < -0.4 is 5.73 Å². The number of nitrogens with zero attached hydrogens (tertiary/aromatic N) is 3. The van der Waals surface area contributed by atoms with Gasteiger partial charge in [0.15, 0.2) is 0 Å². The van der Waals surface area contributed by atoms with Gasteiger partial charge < -0.3 is 5.73 Å². The van der Waals surface area contributed by atoms with Crippen LogP contribution in [0.2, 0.25) is 0 Å². The zero-order chi connectivity index (χ0) is 11.2. The Labute approximate surface area is 94.1 Å². The van der Waals surface area contributed by atoms with Crippen molar-refractivity contribution in [3.8, 4) is 5.69 Å². The van der Waals surface area contributed by atoms with Crippen LogP contribution in [-0.4, -0.2) is 15.0 Å². The molecule has 0 aliphatic heterocycles. The van der Waals surface area contributed by atoms with Gasteiger partial charge in [0.05, 0.1) is 17.6 Å². The maximum absolute atomic E-state index is 6.17. The molecular weight excluding hydrogens is 200 g/mol. The molecule has 82 valence electrons. The van der Waals surface area contributed by atoms with Crippen molar-refractivity contribution >= 4 is 0 Å². The SMILES string of the molecule is Cc1cnn(-c2cccc(C3(N)CC3)c2)n1. The van der Waals surface area contributed by atoms with E-state index >= 15 is 0 Å². The summed E-state index contributed by atoms with van der Waals surface area (Å²) in [5.74, 6) is 0. The van der Waals surface area contributed by atoms with E-state index < -0.39 is 0 Å². The van der Waals surface area contributed by atoms with Gasteiger partial charge in [-0.2, -0.15) is 15.0 Å².